The van der Waals surface area contributed by atoms with Crippen LogP contribution in [0.15, 0.2) is 36.5 Å². The fourth-order valence-corrected chi connectivity index (χ4v) is 2.93. The summed E-state index contributed by atoms with van der Waals surface area (Å²) in [4.78, 5) is 20.3. The normalized spacial score (nSPS) is 15.7. The molecule has 0 bridgehead atoms. The van der Waals surface area contributed by atoms with Gasteiger partial charge in [-0.2, -0.15) is 13.2 Å². The van der Waals surface area contributed by atoms with Gasteiger partial charge in [0, 0.05) is 43.8 Å². The molecule has 1 amide bonds. The fourth-order valence-electron chi connectivity index (χ4n) is 2.93. The van der Waals surface area contributed by atoms with Gasteiger partial charge in [0.1, 0.15) is 0 Å². The van der Waals surface area contributed by atoms with E-state index in [9.17, 15) is 18.0 Å². The van der Waals surface area contributed by atoms with Crippen LogP contribution in [0.4, 0.5) is 24.5 Å². The van der Waals surface area contributed by atoms with Crippen LogP contribution in [0.2, 0.25) is 0 Å². The molecule has 0 atom stereocenters. The summed E-state index contributed by atoms with van der Waals surface area (Å²) in [7, 11) is 1.98. The molecule has 27 heavy (non-hydrogen) atoms. The number of carbonyl (C=O) groups is 1. The Hall–Kier alpha value is -2.61. The number of aromatic nitrogens is 1. The van der Waals surface area contributed by atoms with Crippen molar-refractivity contribution in [3.05, 3.63) is 53.3 Å². The number of nitrogens with one attached hydrogen (secondary N) is 1. The number of piperazine rings is 1. The van der Waals surface area contributed by atoms with E-state index in [0.717, 1.165) is 24.8 Å². The Morgan fingerprint density at radius 2 is 1.81 bits per heavy atom. The SMILES string of the molecule is Cc1ccc(C(=O)Nc2ccc(N3CCN(C)CC3)cc2C(F)(F)F)cn1. The van der Waals surface area contributed by atoms with E-state index in [4.69, 9.17) is 0 Å². The molecular formula is C19H21F3N4O. The lowest BCUT2D eigenvalue weighted by atomic mass is 10.1. The maximum absolute atomic E-state index is 13.6. The molecular weight excluding hydrogens is 357 g/mol. The Morgan fingerprint density at radius 1 is 1.11 bits per heavy atom. The van der Waals surface area contributed by atoms with E-state index in [1.54, 1.807) is 19.1 Å². The van der Waals surface area contributed by atoms with Crippen molar-refractivity contribution in [1.29, 1.82) is 0 Å². The molecule has 8 heteroatoms. The van der Waals surface area contributed by atoms with Crippen LogP contribution in [0.25, 0.3) is 0 Å². The number of rotatable bonds is 3. The Balaban J connectivity index is 1.86. The van der Waals surface area contributed by atoms with Gasteiger partial charge in [-0.05, 0) is 44.3 Å². The van der Waals surface area contributed by atoms with Gasteiger partial charge in [0.05, 0.1) is 16.8 Å². The summed E-state index contributed by atoms with van der Waals surface area (Å²) in [5, 5.41) is 2.36. The quantitative estimate of drug-likeness (QED) is 0.889. The molecule has 5 nitrogen and oxygen atoms in total. The molecule has 0 saturated carbocycles. The Labute approximate surface area is 155 Å². The van der Waals surface area contributed by atoms with Gasteiger partial charge in [0.2, 0.25) is 0 Å². The smallest absolute Gasteiger partial charge is 0.369 e. The first kappa shape index (κ1) is 19.2. The summed E-state index contributed by atoms with van der Waals surface area (Å²) in [6.07, 6.45) is -3.23. The van der Waals surface area contributed by atoms with Crippen molar-refractivity contribution < 1.29 is 18.0 Å². The van der Waals surface area contributed by atoms with Crippen LogP contribution >= 0.6 is 0 Å². The number of amides is 1. The van der Waals surface area contributed by atoms with Crippen molar-refractivity contribution in [1.82, 2.24) is 9.88 Å². The number of likely N-dealkylation sites (N-methyl/N-ethyl adjacent to an activating group) is 1. The highest BCUT2D eigenvalue weighted by Crippen LogP contribution is 2.37. The van der Waals surface area contributed by atoms with Crippen LogP contribution in [0, 0.1) is 6.92 Å². The van der Waals surface area contributed by atoms with Crippen LogP contribution < -0.4 is 10.2 Å². The molecule has 0 aliphatic carbocycles. The molecule has 144 valence electrons. The Kier molecular flexibility index (Phi) is 5.36. The second-order valence-electron chi connectivity index (χ2n) is 6.66. The zero-order valence-electron chi connectivity index (χ0n) is 15.2. The summed E-state index contributed by atoms with van der Waals surface area (Å²) in [6, 6.07) is 7.20. The van der Waals surface area contributed by atoms with Crippen LogP contribution in [0.3, 0.4) is 0 Å². The number of benzene rings is 1. The second-order valence-corrected chi connectivity index (χ2v) is 6.66. The molecule has 0 spiro atoms. The van der Waals surface area contributed by atoms with Crippen molar-refractivity contribution in [2.45, 2.75) is 13.1 Å². The molecule has 1 aromatic heterocycles. The number of nitrogens with zero attached hydrogens (tertiary/aromatic N) is 3. The zero-order chi connectivity index (χ0) is 19.6. The standard InChI is InChI=1S/C19H21F3N4O/c1-13-3-4-14(12-23-13)18(27)24-17-6-5-15(11-16(17)19(20,21)22)26-9-7-25(2)8-10-26/h3-6,11-12H,7-10H2,1-2H3,(H,24,27). The third kappa shape index (κ3) is 4.57. The van der Waals surface area contributed by atoms with Crippen LogP contribution in [0.5, 0.6) is 0 Å². The van der Waals surface area contributed by atoms with Crippen molar-refractivity contribution in [3.63, 3.8) is 0 Å². The predicted molar refractivity (Wildman–Crippen MR) is 98.1 cm³/mol. The summed E-state index contributed by atoms with van der Waals surface area (Å²) in [6.45, 7) is 4.67. The average molecular weight is 378 g/mol. The first-order valence-electron chi connectivity index (χ1n) is 8.63. The van der Waals surface area contributed by atoms with E-state index in [2.05, 4.69) is 15.2 Å². The summed E-state index contributed by atoms with van der Waals surface area (Å²) < 4.78 is 40.7. The minimum absolute atomic E-state index is 0.205. The van der Waals surface area contributed by atoms with Gasteiger partial charge in [-0.3, -0.25) is 9.78 Å². The van der Waals surface area contributed by atoms with Crippen molar-refractivity contribution in [3.8, 4) is 0 Å². The van der Waals surface area contributed by atoms with Gasteiger partial charge in [-0.25, -0.2) is 0 Å². The molecule has 0 unspecified atom stereocenters. The Morgan fingerprint density at radius 3 is 2.41 bits per heavy atom. The minimum atomic E-state index is -4.57. The monoisotopic (exact) mass is 378 g/mol. The van der Waals surface area contributed by atoms with Crippen molar-refractivity contribution in [2.24, 2.45) is 0 Å². The molecule has 1 aromatic carbocycles. The lowest BCUT2D eigenvalue weighted by Crippen LogP contribution is -2.44. The largest absolute Gasteiger partial charge is 0.418 e. The molecule has 1 N–H and O–H groups in total. The molecule has 1 aliphatic rings. The highest BCUT2D eigenvalue weighted by molar-refractivity contribution is 6.04. The molecule has 1 aliphatic heterocycles. The molecule has 3 rings (SSSR count). The third-order valence-electron chi connectivity index (χ3n) is 4.60. The maximum atomic E-state index is 13.6. The molecule has 0 radical (unpaired) electrons. The lowest BCUT2D eigenvalue weighted by molar-refractivity contribution is -0.136. The molecule has 1 fully saturated rings. The summed E-state index contributed by atoms with van der Waals surface area (Å²) >= 11 is 0. The number of pyridine rings is 1. The second kappa shape index (κ2) is 7.56. The van der Waals surface area contributed by atoms with Gasteiger partial charge < -0.3 is 15.1 Å². The van der Waals surface area contributed by atoms with Crippen molar-refractivity contribution in [2.75, 3.05) is 43.4 Å². The van der Waals surface area contributed by atoms with Crippen LogP contribution in [-0.2, 0) is 6.18 Å². The summed E-state index contributed by atoms with van der Waals surface area (Å²) in [5.41, 5.74) is 0.319. The Bertz CT molecular complexity index is 813. The number of carbonyl (C=O) groups excluding carboxylic acids is 1. The van der Waals surface area contributed by atoms with Gasteiger partial charge in [0.25, 0.3) is 5.91 Å². The highest BCUT2D eigenvalue weighted by atomic mass is 19.4. The van der Waals surface area contributed by atoms with E-state index < -0.39 is 17.6 Å². The number of alkyl halides is 3. The zero-order valence-corrected chi connectivity index (χ0v) is 15.2. The van der Waals surface area contributed by atoms with E-state index in [-0.39, 0.29) is 11.3 Å². The number of anilines is 2. The topological polar surface area (TPSA) is 48.5 Å². The minimum Gasteiger partial charge on any atom is -0.369 e. The van der Waals surface area contributed by atoms with Gasteiger partial charge >= 0.3 is 6.18 Å². The maximum Gasteiger partial charge on any atom is 0.418 e. The van der Waals surface area contributed by atoms with E-state index in [0.29, 0.717) is 18.8 Å². The number of hydrogen-bond donors (Lipinski definition) is 1. The van der Waals surface area contributed by atoms with Crippen LogP contribution in [0.1, 0.15) is 21.6 Å². The molecule has 1 saturated heterocycles. The first-order chi connectivity index (χ1) is 12.7. The van der Waals surface area contributed by atoms with Gasteiger partial charge in [-0.1, -0.05) is 0 Å². The van der Waals surface area contributed by atoms with Gasteiger partial charge in [-0.15, -0.1) is 0 Å². The lowest BCUT2D eigenvalue weighted by Gasteiger charge is -2.34. The van der Waals surface area contributed by atoms with E-state index >= 15 is 0 Å². The first-order valence-corrected chi connectivity index (χ1v) is 8.63. The highest BCUT2D eigenvalue weighted by Gasteiger charge is 2.35. The number of aryl methyl sites for hydroxylation is 1. The molecule has 2 heterocycles. The molecule has 2 aromatic rings. The third-order valence-corrected chi connectivity index (χ3v) is 4.60. The summed E-state index contributed by atoms with van der Waals surface area (Å²) in [5.74, 6) is -0.625. The van der Waals surface area contributed by atoms with Gasteiger partial charge in [0.15, 0.2) is 0 Å². The van der Waals surface area contributed by atoms with Crippen LogP contribution in [-0.4, -0.2) is 49.0 Å². The van der Waals surface area contributed by atoms with E-state index in [1.165, 1.54) is 18.3 Å². The van der Waals surface area contributed by atoms with E-state index in [1.807, 2.05) is 11.9 Å². The number of hydrogen-bond acceptors (Lipinski definition) is 4. The number of halogens is 3. The van der Waals surface area contributed by atoms with Crippen molar-refractivity contribution >= 4 is 17.3 Å². The average Bonchev–Trinajstić information content (AvgIpc) is 2.62. The predicted octanol–water partition coefficient (Wildman–Crippen LogP) is 3.41. The fraction of sp³-hybridized carbons (Fsp3) is 0.368.